The van der Waals surface area contributed by atoms with Crippen molar-refractivity contribution < 1.29 is 14.3 Å². The minimum Gasteiger partial charge on any atom is -0.481 e. The second kappa shape index (κ2) is 5.48. The molecule has 0 bridgehead atoms. The van der Waals surface area contributed by atoms with E-state index >= 15 is 0 Å². The van der Waals surface area contributed by atoms with Crippen LogP contribution in [0.15, 0.2) is 24.9 Å². The Morgan fingerprint density at radius 1 is 1.57 bits per heavy atom. The van der Waals surface area contributed by atoms with Crippen LogP contribution in [0, 0.1) is 5.41 Å². The molecule has 3 rings (SSSR count). The third kappa shape index (κ3) is 3.08. The molecule has 1 amide bonds. The highest BCUT2D eigenvalue weighted by atomic mass is 16.5. The Labute approximate surface area is 124 Å². The molecule has 2 fully saturated rings. The van der Waals surface area contributed by atoms with E-state index in [9.17, 15) is 4.79 Å². The Morgan fingerprint density at radius 2 is 2.33 bits per heavy atom. The number of methoxy groups -OCH3 is 1. The first-order valence-electron chi connectivity index (χ1n) is 7.22. The van der Waals surface area contributed by atoms with Crippen LogP contribution >= 0.6 is 0 Å². The molecule has 1 aromatic rings. The fourth-order valence-electron chi connectivity index (χ4n) is 2.86. The van der Waals surface area contributed by atoms with Crippen molar-refractivity contribution in [3.05, 3.63) is 30.5 Å². The number of carbonyl (C=O) groups is 1. The monoisotopic (exact) mass is 288 g/mol. The second-order valence-corrected chi connectivity index (χ2v) is 5.93. The molecule has 0 unspecified atom stereocenters. The molecule has 21 heavy (non-hydrogen) atoms. The predicted octanol–water partition coefficient (Wildman–Crippen LogP) is 2.67. The Bertz CT molecular complexity index is 559. The summed E-state index contributed by atoms with van der Waals surface area (Å²) in [7, 11) is 1.58. The van der Waals surface area contributed by atoms with Crippen molar-refractivity contribution in [1.82, 2.24) is 4.98 Å². The zero-order valence-electron chi connectivity index (χ0n) is 12.2. The van der Waals surface area contributed by atoms with Gasteiger partial charge in [-0.1, -0.05) is 6.58 Å². The van der Waals surface area contributed by atoms with Gasteiger partial charge in [0.05, 0.1) is 31.7 Å². The minimum atomic E-state index is -0.261. The van der Waals surface area contributed by atoms with Crippen molar-refractivity contribution in [2.75, 3.05) is 12.4 Å². The molecule has 1 spiro atoms. The summed E-state index contributed by atoms with van der Waals surface area (Å²) in [6.45, 7) is 3.88. The molecule has 2 aliphatic rings. The quantitative estimate of drug-likeness (QED) is 0.818. The van der Waals surface area contributed by atoms with E-state index in [1.165, 1.54) is 31.8 Å². The topological polar surface area (TPSA) is 60.5 Å². The fraction of sp³-hybridized carbons (Fsp3) is 0.500. The van der Waals surface area contributed by atoms with Crippen LogP contribution in [0.4, 0.5) is 5.69 Å². The van der Waals surface area contributed by atoms with Crippen molar-refractivity contribution >= 4 is 11.6 Å². The van der Waals surface area contributed by atoms with E-state index in [-0.39, 0.29) is 5.91 Å². The first kappa shape index (κ1) is 14.1. The summed E-state index contributed by atoms with van der Waals surface area (Å²) >= 11 is 0. The summed E-state index contributed by atoms with van der Waals surface area (Å²) in [5, 5.41) is 2.69. The number of amides is 1. The Balaban J connectivity index is 1.62. The molecule has 2 saturated carbocycles. The number of pyridine rings is 1. The molecular weight excluding hydrogens is 268 g/mol. The smallest absolute Gasteiger partial charge is 0.247 e. The van der Waals surface area contributed by atoms with E-state index in [0.29, 0.717) is 29.7 Å². The molecule has 2 aliphatic carbocycles. The summed E-state index contributed by atoms with van der Waals surface area (Å²) in [6, 6.07) is 1.83. The van der Waals surface area contributed by atoms with E-state index in [0.717, 1.165) is 5.56 Å². The highest BCUT2D eigenvalue weighted by molar-refractivity contribution is 5.98. The maximum atomic E-state index is 11.3. The molecule has 1 heterocycles. The Kier molecular flexibility index (Phi) is 3.68. The SMILES string of the molecule is C=CC(=O)Nc1cnc(OC)c(COC2CC3(CC3)C2)c1. The summed E-state index contributed by atoms with van der Waals surface area (Å²) < 4.78 is 11.2. The zero-order valence-corrected chi connectivity index (χ0v) is 12.2. The zero-order chi connectivity index (χ0) is 14.9. The Hall–Kier alpha value is -1.88. The molecule has 0 atom stereocenters. The average molecular weight is 288 g/mol. The number of carbonyl (C=O) groups excluding carboxylic acids is 1. The van der Waals surface area contributed by atoms with Gasteiger partial charge < -0.3 is 14.8 Å². The van der Waals surface area contributed by atoms with Crippen molar-refractivity contribution in [1.29, 1.82) is 0 Å². The van der Waals surface area contributed by atoms with Crippen LogP contribution in [0.25, 0.3) is 0 Å². The van der Waals surface area contributed by atoms with Gasteiger partial charge in [0.15, 0.2) is 0 Å². The van der Waals surface area contributed by atoms with Crippen molar-refractivity contribution in [2.45, 2.75) is 38.4 Å². The predicted molar refractivity (Wildman–Crippen MR) is 79.1 cm³/mol. The van der Waals surface area contributed by atoms with Crippen LogP contribution in [-0.4, -0.2) is 24.1 Å². The van der Waals surface area contributed by atoms with Crippen LogP contribution in [-0.2, 0) is 16.1 Å². The van der Waals surface area contributed by atoms with Gasteiger partial charge in [-0.25, -0.2) is 4.98 Å². The van der Waals surface area contributed by atoms with Gasteiger partial charge in [-0.3, -0.25) is 4.79 Å². The van der Waals surface area contributed by atoms with E-state index in [4.69, 9.17) is 9.47 Å². The maximum Gasteiger partial charge on any atom is 0.247 e. The summed E-state index contributed by atoms with van der Waals surface area (Å²) in [5.74, 6) is 0.274. The molecule has 0 aromatic carbocycles. The average Bonchev–Trinajstić information content (AvgIpc) is 3.24. The molecule has 1 aromatic heterocycles. The van der Waals surface area contributed by atoms with Gasteiger partial charge in [-0.2, -0.15) is 0 Å². The van der Waals surface area contributed by atoms with Gasteiger partial charge in [0.2, 0.25) is 11.8 Å². The van der Waals surface area contributed by atoms with E-state index < -0.39 is 0 Å². The number of aromatic nitrogens is 1. The van der Waals surface area contributed by atoms with Gasteiger partial charge in [-0.05, 0) is 43.2 Å². The minimum absolute atomic E-state index is 0.261. The van der Waals surface area contributed by atoms with E-state index in [1.807, 2.05) is 6.07 Å². The highest BCUT2D eigenvalue weighted by Crippen LogP contribution is 2.61. The molecule has 1 N–H and O–H groups in total. The van der Waals surface area contributed by atoms with Crippen LogP contribution in [0.2, 0.25) is 0 Å². The summed E-state index contributed by atoms with van der Waals surface area (Å²) in [4.78, 5) is 15.5. The molecule has 112 valence electrons. The first-order valence-corrected chi connectivity index (χ1v) is 7.22. The molecular formula is C16H20N2O3. The number of hydrogen-bond acceptors (Lipinski definition) is 4. The highest BCUT2D eigenvalue weighted by Gasteiger charge is 2.53. The standard InChI is InChI=1S/C16H20N2O3/c1-3-14(19)18-12-6-11(15(20-2)17-9-12)10-21-13-7-16(8-13)4-5-16/h3,6,9,13H,1,4-5,7-8,10H2,2H3,(H,18,19). The lowest BCUT2D eigenvalue weighted by molar-refractivity contribution is -0.111. The van der Waals surface area contributed by atoms with Crippen molar-refractivity contribution in [2.24, 2.45) is 5.41 Å². The van der Waals surface area contributed by atoms with Crippen molar-refractivity contribution in [3.63, 3.8) is 0 Å². The van der Waals surface area contributed by atoms with E-state index in [1.54, 1.807) is 13.3 Å². The summed E-state index contributed by atoms with van der Waals surface area (Å²) in [5.41, 5.74) is 2.09. The number of hydrogen-bond donors (Lipinski definition) is 1. The number of rotatable bonds is 6. The second-order valence-electron chi connectivity index (χ2n) is 5.93. The maximum absolute atomic E-state index is 11.3. The molecule has 5 nitrogen and oxygen atoms in total. The Morgan fingerprint density at radius 3 is 2.95 bits per heavy atom. The fourth-order valence-corrected chi connectivity index (χ4v) is 2.86. The van der Waals surface area contributed by atoms with Crippen LogP contribution in [0.3, 0.4) is 0 Å². The van der Waals surface area contributed by atoms with Crippen LogP contribution in [0.5, 0.6) is 5.88 Å². The third-order valence-corrected chi connectivity index (χ3v) is 4.32. The largest absolute Gasteiger partial charge is 0.481 e. The lowest BCUT2D eigenvalue weighted by atomic mass is 9.79. The number of nitrogens with one attached hydrogen (secondary N) is 1. The van der Waals surface area contributed by atoms with Crippen LogP contribution < -0.4 is 10.1 Å². The van der Waals surface area contributed by atoms with Crippen molar-refractivity contribution in [3.8, 4) is 5.88 Å². The molecule has 0 saturated heterocycles. The van der Waals surface area contributed by atoms with Gasteiger partial charge in [0, 0.05) is 5.56 Å². The summed E-state index contributed by atoms with van der Waals surface area (Å²) in [6.07, 6.45) is 8.21. The van der Waals surface area contributed by atoms with Gasteiger partial charge in [-0.15, -0.1) is 0 Å². The van der Waals surface area contributed by atoms with E-state index in [2.05, 4.69) is 16.9 Å². The lowest BCUT2D eigenvalue weighted by Crippen LogP contribution is -2.32. The number of anilines is 1. The number of ether oxygens (including phenoxy) is 2. The van der Waals surface area contributed by atoms with Gasteiger partial charge in [0.1, 0.15) is 0 Å². The number of nitrogens with zero attached hydrogens (tertiary/aromatic N) is 1. The van der Waals surface area contributed by atoms with Gasteiger partial charge in [0.25, 0.3) is 0 Å². The normalized spacial score (nSPS) is 18.9. The molecule has 0 aliphatic heterocycles. The van der Waals surface area contributed by atoms with Gasteiger partial charge >= 0.3 is 0 Å². The molecule has 5 heteroatoms. The first-order chi connectivity index (χ1) is 10.1. The third-order valence-electron chi connectivity index (χ3n) is 4.32. The molecule has 0 radical (unpaired) electrons. The lowest BCUT2D eigenvalue weighted by Gasteiger charge is -2.35. The van der Waals surface area contributed by atoms with Crippen LogP contribution in [0.1, 0.15) is 31.2 Å².